The van der Waals surface area contributed by atoms with Crippen LogP contribution >= 0.6 is 0 Å². The fourth-order valence-electron chi connectivity index (χ4n) is 1.57. The molecule has 0 saturated heterocycles. The van der Waals surface area contributed by atoms with Crippen molar-refractivity contribution in [3.05, 3.63) is 35.4 Å². The van der Waals surface area contributed by atoms with E-state index in [0.717, 1.165) is 18.6 Å². The molecule has 0 unspecified atom stereocenters. The van der Waals surface area contributed by atoms with Gasteiger partial charge in [0.1, 0.15) is 0 Å². The van der Waals surface area contributed by atoms with Gasteiger partial charge in [-0.1, -0.05) is 19.1 Å². The Labute approximate surface area is 104 Å². The minimum Gasteiger partial charge on any atom is -0.341 e. The second-order valence-corrected chi connectivity index (χ2v) is 4.19. The third-order valence-corrected chi connectivity index (χ3v) is 2.59. The smallest absolute Gasteiger partial charge is 0.341 e. The molecular weight excluding hydrogens is 243 g/mol. The van der Waals surface area contributed by atoms with Crippen LogP contribution in [-0.4, -0.2) is 17.9 Å². The van der Waals surface area contributed by atoms with Crippen LogP contribution in [0, 0.1) is 0 Å². The lowest BCUT2D eigenvalue weighted by Gasteiger charge is -2.17. The number of carbonyl (C=O) groups is 1. The summed E-state index contributed by atoms with van der Waals surface area (Å²) in [6.07, 6.45) is -3.10. The zero-order valence-corrected chi connectivity index (χ0v) is 10.4. The van der Waals surface area contributed by atoms with Crippen LogP contribution in [0.15, 0.2) is 24.3 Å². The first kappa shape index (κ1) is 14.5. The number of carbonyl (C=O) groups excluding carboxylic acids is 1. The molecule has 5 heteroatoms. The molecule has 0 atom stereocenters. The van der Waals surface area contributed by atoms with Gasteiger partial charge in [0.25, 0.3) is 0 Å². The van der Waals surface area contributed by atoms with Crippen LogP contribution in [0.2, 0.25) is 0 Å². The second-order valence-electron chi connectivity index (χ2n) is 4.19. The molecule has 0 N–H and O–H groups in total. The summed E-state index contributed by atoms with van der Waals surface area (Å²) in [7, 11) is 1.65. The molecule has 0 saturated carbocycles. The van der Waals surface area contributed by atoms with Crippen molar-refractivity contribution in [1.29, 1.82) is 0 Å². The Morgan fingerprint density at radius 3 is 2.22 bits per heavy atom. The van der Waals surface area contributed by atoms with Crippen molar-refractivity contribution in [3.8, 4) is 0 Å². The van der Waals surface area contributed by atoms with Gasteiger partial charge >= 0.3 is 6.18 Å². The normalized spacial score (nSPS) is 11.4. The summed E-state index contributed by atoms with van der Waals surface area (Å²) >= 11 is 0. The molecule has 0 radical (unpaired) electrons. The summed E-state index contributed by atoms with van der Waals surface area (Å²) in [4.78, 5) is 13.0. The van der Waals surface area contributed by atoms with E-state index in [1.807, 2.05) is 6.92 Å². The van der Waals surface area contributed by atoms with Crippen LogP contribution < -0.4 is 0 Å². The van der Waals surface area contributed by atoms with Gasteiger partial charge in [-0.2, -0.15) is 13.2 Å². The third-order valence-electron chi connectivity index (χ3n) is 2.59. The molecule has 0 aromatic heterocycles. The van der Waals surface area contributed by atoms with E-state index in [1.165, 1.54) is 17.0 Å². The van der Waals surface area contributed by atoms with E-state index in [0.29, 0.717) is 18.5 Å². The van der Waals surface area contributed by atoms with Crippen molar-refractivity contribution in [1.82, 2.24) is 4.90 Å². The molecule has 2 nitrogen and oxygen atoms in total. The van der Waals surface area contributed by atoms with Crippen molar-refractivity contribution in [2.24, 2.45) is 0 Å². The van der Waals surface area contributed by atoms with E-state index in [1.54, 1.807) is 7.05 Å². The fraction of sp³-hybridized carbons (Fsp3) is 0.462. The number of amides is 1. The number of nitrogens with zero attached hydrogens (tertiary/aromatic N) is 1. The SMILES string of the molecule is CCCC(=O)N(C)Cc1ccc(C(F)(F)F)cc1. The Kier molecular flexibility index (Phi) is 4.76. The van der Waals surface area contributed by atoms with Crippen LogP contribution in [0.3, 0.4) is 0 Å². The van der Waals surface area contributed by atoms with Crippen molar-refractivity contribution in [2.75, 3.05) is 7.05 Å². The summed E-state index contributed by atoms with van der Waals surface area (Å²) in [5.74, 6) is -0.00241. The lowest BCUT2D eigenvalue weighted by molar-refractivity contribution is -0.137. The molecule has 0 aliphatic rings. The molecule has 0 fully saturated rings. The van der Waals surface area contributed by atoms with Crippen molar-refractivity contribution in [2.45, 2.75) is 32.5 Å². The maximum absolute atomic E-state index is 12.3. The van der Waals surface area contributed by atoms with Gasteiger partial charge in [-0.3, -0.25) is 4.79 Å². The van der Waals surface area contributed by atoms with Crippen molar-refractivity contribution < 1.29 is 18.0 Å². The Hall–Kier alpha value is -1.52. The molecule has 0 aliphatic carbocycles. The summed E-state index contributed by atoms with van der Waals surface area (Å²) in [6, 6.07) is 4.87. The van der Waals surface area contributed by atoms with Crippen molar-refractivity contribution in [3.63, 3.8) is 0 Å². The number of rotatable bonds is 4. The zero-order chi connectivity index (χ0) is 13.8. The zero-order valence-electron chi connectivity index (χ0n) is 10.4. The van der Waals surface area contributed by atoms with Crippen LogP contribution in [0.25, 0.3) is 0 Å². The Bertz CT molecular complexity index is 398. The Balaban J connectivity index is 2.67. The number of halogens is 3. The molecular formula is C13H16F3NO. The van der Waals surface area contributed by atoms with Crippen LogP contribution in [0.5, 0.6) is 0 Å². The standard InChI is InChI=1S/C13H16F3NO/c1-3-4-12(18)17(2)9-10-5-7-11(8-6-10)13(14,15)16/h5-8H,3-4,9H2,1-2H3. The molecule has 0 bridgehead atoms. The summed E-state index contributed by atoms with van der Waals surface area (Å²) < 4.78 is 37.0. The van der Waals surface area contributed by atoms with E-state index in [2.05, 4.69) is 0 Å². The largest absolute Gasteiger partial charge is 0.416 e. The molecule has 0 spiro atoms. The number of hydrogen-bond acceptors (Lipinski definition) is 1. The van der Waals surface area contributed by atoms with Gasteiger partial charge in [0, 0.05) is 20.0 Å². The van der Waals surface area contributed by atoms with E-state index in [9.17, 15) is 18.0 Å². The predicted molar refractivity (Wildman–Crippen MR) is 62.8 cm³/mol. The molecule has 100 valence electrons. The van der Waals surface area contributed by atoms with Crippen LogP contribution in [0.1, 0.15) is 30.9 Å². The second kappa shape index (κ2) is 5.89. The highest BCUT2D eigenvalue weighted by atomic mass is 19.4. The number of alkyl halides is 3. The highest BCUT2D eigenvalue weighted by molar-refractivity contribution is 5.75. The van der Waals surface area contributed by atoms with Crippen LogP contribution in [-0.2, 0) is 17.5 Å². The van der Waals surface area contributed by atoms with Crippen LogP contribution in [0.4, 0.5) is 13.2 Å². The molecule has 1 aromatic carbocycles. The number of benzene rings is 1. The van der Waals surface area contributed by atoms with Crippen molar-refractivity contribution >= 4 is 5.91 Å². The third kappa shape index (κ3) is 4.05. The van der Waals surface area contributed by atoms with E-state index in [4.69, 9.17) is 0 Å². The average Bonchev–Trinajstić information content (AvgIpc) is 2.28. The average molecular weight is 259 g/mol. The Morgan fingerprint density at radius 2 is 1.78 bits per heavy atom. The van der Waals surface area contributed by atoms with Gasteiger partial charge < -0.3 is 4.90 Å². The molecule has 0 heterocycles. The highest BCUT2D eigenvalue weighted by Gasteiger charge is 2.29. The topological polar surface area (TPSA) is 20.3 Å². The van der Waals surface area contributed by atoms with Gasteiger partial charge in [-0.15, -0.1) is 0 Å². The minimum atomic E-state index is -4.32. The molecule has 0 aliphatic heterocycles. The lowest BCUT2D eigenvalue weighted by Crippen LogP contribution is -2.25. The Morgan fingerprint density at radius 1 is 1.22 bits per heavy atom. The minimum absolute atomic E-state index is 0.00241. The van der Waals surface area contributed by atoms with Gasteiger partial charge in [-0.05, 0) is 24.1 Å². The maximum atomic E-state index is 12.3. The molecule has 1 aromatic rings. The molecule has 1 amide bonds. The first-order valence-corrected chi connectivity index (χ1v) is 5.74. The molecule has 18 heavy (non-hydrogen) atoms. The van der Waals surface area contributed by atoms with Gasteiger partial charge in [0.05, 0.1) is 5.56 Å². The fourth-order valence-corrected chi connectivity index (χ4v) is 1.57. The van der Waals surface area contributed by atoms with Gasteiger partial charge in [0.2, 0.25) is 5.91 Å². The highest BCUT2D eigenvalue weighted by Crippen LogP contribution is 2.29. The first-order valence-electron chi connectivity index (χ1n) is 5.74. The number of hydrogen-bond donors (Lipinski definition) is 0. The molecule has 1 rings (SSSR count). The first-order chi connectivity index (χ1) is 8.34. The van der Waals surface area contributed by atoms with E-state index >= 15 is 0 Å². The van der Waals surface area contributed by atoms with E-state index in [-0.39, 0.29) is 5.91 Å². The summed E-state index contributed by atoms with van der Waals surface area (Å²) in [5, 5.41) is 0. The quantitative estimate of drug-likeness (QED) is 0.810. The maximum Gasteiger partial charge on any atom is 0.416 e. The summed E-state index contributed by atoms with van der Waals surface area (Å²) in [6.45, 7) is 2.24. The summed E-state index contributed by atoms with van der Waals surface area (Å²) in [5.41, 5.74) is 0.0174. The predicted octanol–water partition coefficient (Wildman–Crippen LogP) is 3.46. The lowest BCUT2D eigenvalue weighted by atomic mass is 10.1. The van der Waals surface area contributed by atoms with E-state index < -0.39 is 11.7 Å². The monoisotopic (exact) mass is 259 g/mol. The van der Waals surface area contributed by atoms with Gasteiger partial charge in [0.15, 0.2) is 0 Å². The van der Waals surface area contributed by atoms with Gasteiger partial charge in [-0.25, -0.2) is 0 Å².